The summed E-state index contributed by atoms with van der Waals surface area (Å²) < 4.78 is 84.6. The summed E-state index contributed by atoms with van der Waals surface area (Å²) in [6, 6.07) is -0.235. The summed E-state index contributed by atoms with van der Waals surface area (Å²) in [6.45, 7) is 7.49. The molecular weight excluding hydrogens is 508 g/mol. The SMILES string of the molecule is CC.CC(C)(C)OC(=O)NC(CC(=O)N1CCN(C(=N)C(F)(F)F)C(=N)C1)Cc1cc(F)c(F)cc1F. The number of nitrogens with zero attached hydrogens (tertiary/aromatic N) is 2. The molecule has 1 aliphatic heterocycles. The molecule has 1 atom stereocenters. The molecule has 0 aromatic heterocycles. The number of alkyl carbamates (subject to hydrolysis) is 1. The summed E-state index contributed by atoms with van der Waals surface area (Å²) in [5.41, 5.74) is -1.24. The lowest BCUT2D eigenvalue weighted by Gasteiger charge is -2.37. The average molecular weight is 540 g/mol. The first-order chi connectivity index (χ1) is 17.0. The third-order valence-corrected chi connectivity index (χ3v) is 4.85. The molecule has 1 saturated heterocycles. The van der Waals surface area contributed by atoms with Crippen LogP contribution < -0.4 is 5.32 Å². The number of carbonyl (C=O) groups excluding carboxylic acids is 2. The summed E-state index contributed by atoms with van der Waals surface area (Å²) in [6.07, 6.45) is -6.85. The number of ether oxygens (including phenoxy) is 1. The van der Waals surface area contributed by atoms with Crippen molar-refractivity contribution < 1.29 is 40.7 Å². The standard InChI is InChI=1S/C21H25F6N5O3.C2H6/c1-20(2,3)35-19(34)30-12(6-11-7-14(23)15(24)9-13(11)22)8-17(33)31-4-5-32(16(28)10-31)18(29)21(25,26)27;1-2/h7,9,12,28-29H,4-6,8,10H2,1-3H3,(H,30,34);1-2H3. The number of hydrogen-bond acceptors (Lipinski definition) is 5. The topological polar surface area (TPSA) is 110 Å². The maximum absolute atomic E-state index is 14.2. The molecule has 1 aromatic rings. The Morgan fingerprint density at radius 1 is 1.05 bits per heavy atom. The van der Waals surface area contributed by atoms with Crippen LogP contribution in [0.15, 0.2) is 12.1 Å². The summed E-state index contributed by atoms with van der Waals surface area (Å²) >= 11 is 0. The third kappa shape index (κ3) is 9.57. The van der Waals surface area contributed by atoms with Crippen LogP contribution in [0.5, 0.6) is 0 Å². The number of carbonyl (C=O) groups is 2. The van der Waals surface area contributed by atoms with Gasteiger partial charge in [-0.2, -0.15) is 13.2 Å². The van der Waals surface area contributed by atoms with Crippen LogP contribution in [0.25, 0.3) is 0 Å². The molecule has 1 unspecified atom stereocenters. The minimum atomic E-state index is -4.96. The van der Waals surface area contributed by atoms with Crippen molar-refractivity contribution in [2.24, 2.45) is 0 Å². The Morgan fingerprint density at radius 3 is 2.14 bits per heavy atom. The summed E-state index contributed by atoms with van der Waals surface area (Å²) in [5.74, 6) is -6.91. The van der Waals surface area contributed by atoms with Crippen molar-refractivity contribution in [1.29, 1.82) is 10.8 Å². The second kappa shape index (κ2) is 12.8. The second-order valence-electron chi connectivity index (χ2n) is 8.87. The van der Waals surface area contributed by atoms with E-state index in [1.165, 1.54) is 0 Å². The molecule has 0 aliphatic carbocycles. The van der Waals surface area contributed by atoms with Gasteiger partial charge in [-0.05, 0) is 38.8 Å². The van der Waals surface area contributed by atoms with Crippen LogP contribution in [0.4, 0.5) is 31.1 Å². The Kier molecular flexibility index (Phi) is 10.9. The number of hydrogen-bond donors (Lipinski definition) is 3. The van der Waals surface area contributed by atoms with Crippen LogP contribution in [0, 0.1) is 28.3 Å². The van der Waals surface area contributed by atoms with Crippen LogP contribution in [0.3, 0.4) is 0 Å². The highest BCUT2D eigenvalue weighted by Crippen LogP contribution is 2.21. The fourth-order valence-corrected chi connectivity index (χ4v) is 3.29. The van der Waals surface area contributed by atoms with Crippen molar-refractivity contribution in [2.75, 3.05) is 19.6 Å². The van der Waals surface area contributed by atoms with E-state index in [-0.39, 0.29) is 12.1 Å². The third-order valence-electron chi connectivity index (χ3n) is 4.85. The van der Waals surface area contributed by atoms with Gasteiger partial charge in [0, 0.05) is 31.6 Å². The van der Waals surface area contributed by atoms with E-state index in [4.69, 9.17) is 15.6 Å². The molecule has 2 amide bonds. The quantitative estimate of drug-likeness (QED) is 0.220. The van der Waals surface area contributed by atoms with Crippen LogP contribution >= 0.6 is 0 Å². The Bertz CT molecular complexity index is 1010. The van der Waals surface area contributed by atoms with E-state index < -0.39 is 84.9 Å². The fourth-order valence-electron chi connectivity index (χ4n) is 3.29. The highest BCUT2D eigenvalue weighted by molar-refractivity contribution is 6.03. The second-order valence-corrected chi connectivity index (χ2v) is 8.87. The van der Waals surface area contributed by atoms with Crippen LogP contribution in [0.1, 0.15) is 46.6 Å². The lowest BCUT2D eigenvalue weighted by Crippen LogP contribution is -2.57. The number of benzene rings is 1. The van der Waals surface area contributed by atoms with Gasteiger partial charge in [-0.15, -0.1) is 0 Å². The zero-order valence-electron chi connectivity index (χ0n) is 21.2. The van der Waals surface area contributed by atoms with Gasteiger partial charge in [0.15, 0.2) is 11.6 Å². The van der Waals surface area contributed by atoms with Gasteiger partial charge in [-0.3, -0.25) is 15.6 Å². The van der Waals surface area contributed by atoms with E-state index in [0.717, 1.165) is 4.90 Å². The van der Waals surface area contributed by atoms with Gasteiger partial charge in [0.1, 0.15) is 17.3 Å². The number of rotatable bonds is 5. The Morgan fingerprint density at radius 2 is 1.62 bits per heavy atom. The molecule has 0 radical (unpaired) electrons. The number of halogens is 6. The molecule has 1 heterocycles. The van der Waals surface area contributed by atoms with E-state index in [2.05, 4.69) is 5.32 Å². The summed E-state index contributed by atoms with van der Waals surface area (Å²) in [4.78, 5) is 26.5. The van der Waals surface area contributed by atoms with Gasteiger partial charge in [0.05, 0.1) is 6.54 Å². The normalized spacial score (nSPS) is 14.9. The van der Waals surface area contributed by atoms with Crippen LogP contribution in [0.2, 0.25) is 0 Å². The molecule has 1 aliphatic rings. The highest BCUT2D eigenvalue weighted by Gasteiger charge is 2.41. The minimum absolute atomic E-state index is 0.252. The Labute approximate surface area is 211 Å². The van der Waals surface area contributed by atoms with E-state index in [1.54, 1.807) is 20.8 Å². The molecule has 37 heavy (non-hydrogen) atoms. The molecular formula is C23H31F6N5O3. The molecule has 1 aromatic carbocycles. The van der Waals surface area contributed by atoms with Gasteiger partial charge in [0.2, 0.25) is 11.7 Å². The fraction of sp³-hybridized carbons (Fsp3) is 0.565. The zero-order valence-corrected chi connectivity index (χ0v) is 21.2. The Hall–Kier alpha value is -3.32. The molecule has 0 spiro atoms. The lowest BCUT2D eigenvalue weighted by atomic mass is 10.0. The Balaban J connectivity index is 0.00000334. The predicted molar refractivity (Wildman–Crippen MR) is 124 cm³/mol. The van der Waals surface area contributed by atoms with Crippen molar-refractivity contribution in [3.05, 3.63) is 35.1 Å². The molecule has 208 valence electrons. The average Bonchev–Trinajstić information content (AvgIpc) is 2.76. The minimum Gasteiger partial charge on any atom is -0.444 e. The molecule has 14 heteroatoms. The van der Waals surface area contributed by atoms with Crippen molar-refractivity contribution in [1.82, 2.24) is 15.1 Å². The summed E-state index contributed by atoms with van der Waals surface area (Å²) in [5, 5.41) is 17.4. The highest BCUT2D eigenvalue weighted by atomic mass is 19.4. The number of amidine groups is 2. The zero-order chi connectivity index (χ0) is 28.7. The van der Waals surface area contributed by atoms with E-state index in [9.17, 15) is 35.9 Å². The molecule has 3 N–H and O–H groups in total. The molecule has 8 nitrogen and oxygen atoms in total. The monoisotopic (exact) mass is 539 g/mol. The number of alkyl halides is 3. The van der Waals surface area contributed by atoms with Gasteiger partial charge in [0.25, 0.3) is 0 Å². The van der Waals surface area contributed by atoms with Crippen LogP contribution in [-0.4, -0.2) is 70.9 Å². The smallest absolute Gasteiger partial charge is 0.444 e. The van der Waals surface area contributed by atoms with E-state index in [0.29, 0.717) is 17.0 Å². The maximum Gasteiger partial charge on any atom is 0.449 e. The van der Waals surface area contributed by atoms with Gasteiger partial charge in [-0.25, -0.2) is 18.0 Å². The predicted octanol–water partition coefficient (Wildman–Crippen LogP) is 4.62. The number of piperazine rings is 1. The molecule has 1 fully saturated rings. The lowest BCUT2D eigenvalue weighted by molar-refractivity contribution is -0.131. The van der Waals surface area contributed by atoms with Gasteiger partial charge in [-0.1, -0.05) is 13.8 Å². The molecule has 0 saturated carbocycles. The van der Waals surface area contributed by atoms with Crippen molar-refractivity contribution in [3.8, 4) is 0 Å². The molecule has 2 rings (SSSR count). The van der Waals surface area contributed by atoms with Crippen LogP contribution in [-0.2, 0) is 16.0 Å². The van der Waals surface area contributed by atoms with Crippen molar-refractivity contribution in [3.63, 3.8) is 0 Å². The first-order valence-electron chi connectivity index (χ1n) is 11.4. The van der Waals surface area contributed by atoms with Crippen molar-refractivity contribution >= 4 is 23.7 Å². The largest absolute Gasteiger partial charge is 0.449 e. The van der Waals surface area contributed by atoms with Crippen molar-refractivity contribution in [2.45, 2.75) is 65.3 Å². The number of amides is 2. The van der Waals surface area contributed by atoms with Gasteiger partial charge < -0.3 is 19.9 Å². The molecule has 0 bridgehead atoms. The van der Waals surface area contributed by atoms with Gasteiger partial charge >= 0.3 is 12.3 Å². The van der Waals surface area contributed by atoms with E-state index >= 15 is 0 Å². The number of nitrogens with one attached hydrogen (secondary N) is 3. The summed E-state index contributed by atoms with van der Waals surface area (Å²) in [7, 11) is 0. The van der Waals surface area contributed by atoms with E-state index in [1.807, 2.05) is 13.8 Å². The first kappa shape index (κ1) is 31.7. The maximum atomic E-state index is 14.2. The first-order valence-corrected chi connectivity index (χ1v) is 11.4.